The summed E-state index contributed by atoms with van der Waals surface area (Å²) in [6, 6.07) is 0. The van der Waals surface area contributed by atoms with Gasteiger partial charge in [-0.2, -0.15) is 11.3 Å². The largest absolute Gasteiger partial charge is 0.522 e. The van der Waals surface area contributed by atoms with Gasteiger partial charge in [0.15, 0.2) is 0 Å². The Bertz CT molecular complexity index is 271. The molecule has 1 heterocycles. The van der Waals surface area contributed by atoms with Gasteiger partial charge in [0.05, 0.1) is 9.61 Å². The van der Waals surface area contributed by atoms with Crippen LogP contribution in [0.1, 0.15) is 5.01 Å². The Morgan fingerprint density at radius 2 is 2.00 bits per heavy atom. The van der Waals surface area contributed by atoms with Gasteiger partial charge in [-0.3, -0.25) is 0 Å². The van der Waals surface area contributed by atoms with Gasteiger partial charge >= 0.3 is 6.98 Å². The lowest BCUT2D eigenvalue weighted by Gasteiger charge is -2.10. The predicted octanol–water partition coefficient (Wildman–Crippen LogP) is 2.27. The van der Waals surface area contributed by atoms with E-state index in [1.54, 1.807) is 6.92 Å². The Morgan fingerprint density at radius 3 is 2.18 bits per heavy atom. The molecule has 0 aliphatic carbocycles. The minimum Gasteiger partial charge on any atom is -0.444 e. The molecule has 0 saturated carbocycles. The predicted molar refractivity (Wildman–Crippen MR) is 43.3 cm³/mol. The molecule has 0 radical (unpaired) electrons. The maximum Gasteiger partial charge on any atom is 0.522 e. The molecule has 0 spiro atoms. The summed E-state index contributed by atoms with van der Waals surface area (Å²) in [5.74, 6) is 0. The first kappa shape index (κ1) is 9.06. The zero-order valence-corrected chi connectivity index (χ0v) is 7.85. The van der Waals surface area contributed by atoms with Gasteiger partial charge in [0.25, 0.3) is 0 Å². The van der Waals surface area contributed by atoms with Gasteiger partial charge in [0.1, 0.15) is 0 Å². The second kappa shape index (κ2) is 2.78. The molecule has 0 N–H and O–H groups in total. The minimum absolute atomic E-state index is 0.0903. The van der Waals surface area contributed by atoms with Gasteiger partial charge < -0.3 is 12.9 Å². The molecule has 11 heavy (non-hydrogen) atoms. The Labute approximate surface area is 73.8 Å². The summed E-state index contributed by atoms with van der Waals surface area (Å²) in [6.07, 6.45) is 0. The van der Waals surface area contributed by atoms with E-state index >= 15 is 0 Å². The van der Waals surface area contributed by atoms with Crippen molar-refractivity contribution in [3.63, 3.8) is 0 Å². The van der Waals surface area contributed by atoms with Gasteiger partial charge in [-0.05, 0) is 27.6 Å². The summed E-state index contributed by atoms with van der Waals surface area (Å²) in [6.45, 7) is -3.36. The molecule has 0 unspecified atom stereocenters. The second-order valence-corrected chi connectivity index (χ2v) is 3.95. The number of nitrogens with zero attached hydrogens (tertiary/aromatic N) is 1. The molecule has 0 aromatic carbocycles. The van der Waals surface area contributed by atoms with E-state index in [2.05, 4.69) is 20.9 Å². The van der Waals surface area contributed by atoms with Gasteiger partial charge in [-0.1, -0.05) is 0 Å². The van der Waals surface area contributed by atoms with Crippen LogP contribution in [0, 0.1) is 6.92 Å². The molecule has 1 nitrogen and oxygen atoms in total. The van der Waals surface area contributed by atoms with Gasteiger partial charge in [0.2, 0.25) is 0 Å². The van der Waals surface area contributed by atoms with Crippen molar-refractivity contribution in [2.45, 2.75) is 6.92 Å². The average molecular weight is 245 g/mol. The Balaban J connectivity index is 3.13. The third-order valence-corrected chi connectivity index (χ3v) is 2.95. The molecule has 7 heteroatoms. The lowest BCUT2D eigenvalue weighted by Crippen LogP contribution is -2.32. The third kappa shape index (κ3) is 1.96. The highest BCUT2D eigenvalue weighted by Gasteiger charge is 2.30. The number of halogens is 4. The van der Waals surface area contributed by atoms with Crippen LogP contribution in [0.15, 0.2) is 4.60 Å². The lowest BCUT2D eigenvalue weighted by atomic mass is 9.90. The van der Waals surface area contributed by atoms with Crippen molar-refractivity contribution in [3.05, 3.63) is 9.61 Å². The molecule has 1 rings (SSSR count). The van der Waals surface area contributed by atoms with Crippen molar-refractivity contribution in [1.82, 2.24) is 4.98 Å². The van der Waals surface area contributed by atoms with Crippen LogP contribution in [-0.2, 0) is 0 Å². The van der Waals surface area contributed by atoms with Crippen LogP contribution in [0.3, 0.4) is 0 Å². The molecule has 0 fully saturated rings. The monoisotopic (exact) mass is 244 g/mol. The Kier molecular flexibility index (Phi) is 2.29. The molecule has 0 aliphatic rings. The van der Waals surface area contributed by atoms with E-state index in [0.717, 1.165) is 0 Å². The Hall–Kier alpha value is -0.0351. The number of aromatic nitrogens is 1. The van der Waals surface area contributed by atoms with Gasteiger partial charge in [0, 0.05) is 0 Å². The fraction of sp³-hybridized carbons (Fsp3) is 0.250. The van der Waals surface area contributed by atoms with Crippen LogP contribution in [-0.4, -0.2) is 12.0 Å². The van der Waals surface area contributed by atoms with Crippen LogP contribution in [0.25, 0.3) is 0 Å². The smallest absolute Gasteiger partial charge is 0.444 e. The highest BCUT2D eigenvalue weighted by Crippen LogP contribution is 2.20. The summed E-state index contributed by atoms with van der Waals surface area (Å²) in [5.41, 5.74) is 0. The van der Waals surface area contributed by atoms with Gasteiger partial charge in [-0.25, -0.2) is 4.98 Å². The van der Waals surface area contributed by atoms with Crippen LogP contribution in [0.2, 0.25) is 0 Å². The van der Waals surface area contributed by atoms with E-state index in [1.165, 1.54) is 0 Å². The van der Waals surface area contributed by atoms with E-state index in [9.17, 15) is 12.9 Å². The number of hydrogen-bond acceptors (Lipinski definition) is 2. The average Bonchev–Trinajstić information content (AvgIpc) is 2.08. The first-order valence-corrected chi connectivity index (χ1v) is 4.35. The van der Waals surface area contributed by atoms with Gasteiger partial charge in [-0.15, -0.1) is 0 Å². The van der Waals surface area contributed by atoms with Crippen LogP contribution in [0.4, 0.5) is 12.9 Å². The molecule has 0 atom stereocenters. The molecular weight excluding hydrogens is 242 g/mol. The molecule has 1 aromatic rings. The molecule has 0 bridgehead atoms. The summed E-state index contributed by atoms with van der Waals surface area (Å²) in [5, 5.41) is 0.422. The summed E-state index contributed by atoms with van der Waals surface area (Å²) in [7, 11) is 0. The van der Waals surface area contributed by atoms with Crippen molar-refractivity contribution in [2.75, 3.05) is 0 Å². The highest BCUT2D eigenvalue weighted by molar-refractivity contribution is 9.10. The second-order valence-electron chi connectivity index (χ2n) is 1.96. The Morgan fingerprint density at radius 1 is 1.45 bits per heavy atom. The maximum atomic E-state index is 12.1. The highest BCUT2D eigenvalue weighted by atomic mass is 79.9. The summed E-state index contributed by atoms with van der Waals surface area (Å²) >= 11 is 3.41. The molecule has 1 aromatic heterocycles. The molecular formula is C4H3BBrF3NS-. The number of thiazole rings is 1. The van der Waals surface area contributed by atoms with Crippen LogP contribution in [0.5, 0.6) is 0 Å². The molecule has 0 saturated heterocycles. The zero-order valence-electron chi connectivity index (χ0n) is 5.44. The molecule has 0 amide bonds. The van der Waals surface area contributed by atoms with Crippen LogP contribution >= 0.6 is 27.3 Å². The van der Waals surface area contributed by atoms with Crippen LogP contribution < -0.4 is 4.78 Å². The standard InChI is InChI=1S/C4H3BBrF3NS/c1-2-10-4(6)3(11-2)5(7,8)9/h1H3/q-1. The van der Waals surface area contributed by atoms with E-state index in [1.807, 2.05) is 0 Å². The summed E-state index contributed by atoms with van der Waals surface area (Å²) < 4.78 is 35.5. The number of hydrogen-bond donors (Lipinski definition) is 0. The minimum atomic E-state index is -4.90. The van der Waals surface area contributed by atoms with Crippen molar-refractivity contribution in [2.24, 2.45) is 0 Å². The molecule has 62 valence electrons. The van der Waals surface area contributed by atoms with E-state index < -0.39 is 11.8 Å². The lowest BCUT2D eigenvalue weighted by molar-refractivity contribution is 0.502. The quantitative estimate of drug-likeness (QED) is 0.691. The number of aryl methyl sites for hydroxylation is 1. The van der Waals surface area contributed by atoms with E-state index in [0.29, 0.717) is 16.3 Å². The van der Waals surface area contributed by atoms with Crippen molar-refractivity contribution in [1.29, 1.82) is 0 Å². The SMILES string of the molecule is Cc1nc(Br)c([B-](F)(F)F)s1. The fourth-order valence-corrected chi connectivity index (χ4v) is 2.22. The van der Waals surface area contributed by atoms with E-state index in [4.69, 9.17) is 0 Å². The maximum absolute atomic E-state index is 12.1. The first-order valence-electron chi connectivity index (χ1n) is 2.74. The first-order chi connectivity index (χ1) is 4.91. The van der Waals surface area contributed by atoms with E-state index in [-0.39, 0.29) is 4.60 Å². The third-order valence-electron chi connectivity index (χ3n) is 1.01. The molecule has 0 aliphatic heterocycles. The zero-order chi connectivity index (χ0) is 8.65. The fourth-order valence-electron chi connectivity index (χ4n) is 0.619. The summed E-state index contributed by atoms with van der Waals surface area (Å²) in [4.78, 5) is 3.61. The normalized spacial score (nSPS) is 12.1. The van der Waals surface area contributed by atoms with Crippen molar-refractivity contribution < 1.29 is 12.9 Å². The topological polar surface area (TPSA) is 12.9 Å². The number of rotatable bonds is 1. The van der Waals surface area contributed by atoms with Crippen molar-refractivity contribution >= 4 is 39.0 Å². The van der Waals surface area contributed by atoms with Crippen molar-refractivity contribution in [3.8, 4) is 0 Å².